The lowest BCUT2D eigenvalue weighted by molar-refractivity contribution is -0.154. The first-order chi connectivity index (χ1) is 27.7. The first-order valence-electron chi connectivity index (χ1n) is 19.0. The fraction of sp³-hybridized carbons (Fsp3) is 0.436. The van der Waals surface area contributed by atoms with E-state index in [-0.39, 0.29) is 82.1 Å². The lowest BCUT2D eigenvalue weighted by atomic mass is 10.0. The monoisotopic (exact) mass is 804 g/mol. The van der Waals surface area contributed by atoms with Gasteiger partial charge in [-0.2, -0.15) is 0 Å². The number of H-pyrrole nitrogens is 1. The van der Waals surface area contributed by atoms with Crippen LogP contribution in [0.4, 0.5) is 5.95 Å². The number of hydrogen-bond donors (Lipinski definition) is 6. The number of para-hydroxylation sites is 1. The molecule has 0 radical (unpaired) electrons. The number of aliphatic hydroxyl groups is 2. The molecule has 3 unspecified atom stereocenters. The Morgan fingerprint density at radius 3 is 2.67 bits per heavy atom. The molecule has 4 amide bonds. The highest BCUT2D eigenvalue weighted by Crippen LogP contribution is 2.46. The van der Waals surface area contributed by atoms with Gasteiger partial charge in [0.1, 0.15) is 18.2 Å². The van der Waals surface area contributed by atoms with Crippen molar-refractivity contribution < 1.29 is 43.6 Å². The van der Waals surface area contributed by atoms with Crippen LogP contribution >= 0.6 is 11.6 Å². The van der Waals surface area contributed by atoms with Gasteiger partial charge in [0, 0.05) is 65.9 Å². The van der Waals surface area contributed by atoms with Crippen LogP contribution in [-0.4, -0.2) is 123 Å². The highest BCUT2D eigenvalue weighted by Gasteiger charge is 2.46. The van der Waals surface area contributed by atoms with E-state index in [4.69, 9.17) is 30.8 Å². The number of hydrogen-bond acceptors (Lipinski definition) is 13. The lowest BCUT2D eigenvalue weighted by Gasteiger charge is -2.34. The molecule has 2 saturated heterocycles. The zero-order chi connectivity index (χ0) is 39.9. The van der Waals surface area contributed by atoms with Crippen LogP contribution in [0.1, 0.15) is 55.7 Å². The Balaban J connectivity index is 0.763. The maximum absolute atomic E-state index is 13.0. The van der Waals surface area contributed by atoms with Gasteiger partial charge in [-0.15, -0.1) is 0 Å². The van der Waals surface area contributed by atoms with Gasteiger partial charge < -0.3 is 44.9 Å². The Bertz CT molecular complexity index is 2100. The van der Waals surface area contributed by atoms with Crippen LogP contribution in [0.15, 0.2) is 54.9 Å². The number of aromatic amines is 1. The number of amides is 4. The summed E-state index contributed by atoms with van der Waals surface area (Å²) in [7, 11) is 0. The molecule has 5 heterocycles. The molecule has 0 saturated carbocycles. The van der Waals surface area contributed by atoms with Crippen molar-refractivity contribution >= 4 is 52.1 Å². The van der Waals surface area contributed by atoms with Gasteiger partial charge in [0.15, 0.2) is 6.61 Å². The van der Waals surface area contributed by atoms with Gasteiger partial charge in [-0.25, -0.2) is 14.9 Å². The molecule has 2 aromatic carbocycles. The van der Waals surface area contributed by atoms with Crippen molar-refractivity contribution in [3.63, 3.8) is 0 Å². The molecule has 0 spiro atoms. The topological polar surface area (TPSA) is 221 Å². The smallest absolute Gasteiger partial charge is 0.258 e. The van der Waals surface area contributed by atoms with Crippen LogP contribution in [0.25, 0.3) is 22.2 Å². The molecule has 3 aliphatic rings. The average molecular weight is 805 g/mol. The maximum Gasteiger partial charge on any atom is 0.258 e. The summed E-state index contributed by atoms with van der Waals surface area (Å²) in [5, 5.41) is 31.7. The number of carbonyl (C=O) groups is 4. The number of anilines is 1. The van der Waals surface area contributed by atoms with E-state index in [1.807, 2.05) is 35.4 Å². The normalized spacial score (nSPS) is 21.0. The number of carbonyl (C=O) groups excluding carboxylic acids is 4. The number of piperidine rings is 2. The van der Waals surface area contributed by atoms with Gasteiger partial charge >= 0.3 is 0 Å². The van der Waals surface area contributed by atoms with E-state index >= 15 is 0 Å². The largest absolute Gasteiger partial charge is 0.483 e. The summed E-state index contributed by atoms with van der Waals surface area (Å²) in [5.74, 6) is -0.780. The number of aliphatic hydroxyl groups excluding tert-OH is 2. The minimum absolute atomic E-state index is 0.00152. The Kier molecular flexibility index (Phi) is 12.9. The highest BCUT2D eigenvalue weighted by molar-refractivity contribution is 6.33. The summed E-state index contributed by atoms with van der Waals surface area (Å²) in [4.78, 5) is 64.9. The number of nitrogens with zero attached hydrogens (tertiary/aromatic N) is 4. The van der Waals surface area contributed by atoms with Crippen LogP contribution in [-0.2, 0) is 28.7 Å². The van der Waals surface area contributed by atoms with Gasteiger partial charge in [0.05, 0.1) is 55.8 Å². The number of benzene rings is 2. The van der Waals surface area contributed by atoms with E-state index in [9.17, 15) is 29.4 Å². The molecule has 6 N–H and O–H groups in total. The number of aromatic nitrogens is 3. The van der Waals surface area contributed by atoms with Crippen molar-refractivity contribution in [2.75, 3.05) is 58.0 Å². The number of nitrogens with one attached hydrogen (secondary N) is 4. The molecule has 57 heavy (non-hydrogen) atoms. The van der Waals surface area contributed by atoms with E-state index in [1.54, 1.807) is 24.4 Å². The second-order valence-electron chi connectivity index (χ2n) is 14.0. The van der Waals surface area contributed by atoms with Gasteiger partial charge in [0.25, 0.3) is 5.91 Å². The van der Waals surface area contributed by atoms with Gasteiger partial charge in [-0.1, -0.05) is 41.9 Å². The van der Waals surface area contributed by atoms with E-state index in [1.165, 1.54) is 4.90 Å². The summed E-state index contributed by atoms with van der Waals surface area (Å²) < 4.78 is 16.9. The van der Waals surface area contributed by atoms with Crippen molar-refractivity contribution in [3.05, 3.63) is 71.0 Å². The maximum atomic E-state index is 13.0. The Labute approximate surface area is 333 Å². The Morgan fingerprint density at radius 1 is 1.00 bits per heavy atom. The number of fused-ring (bicyclic) bond motifs is 2. The minimum atomic E-state index is -1.38. The molecule has 2 fully saturated rings. The Hall–Kier alpha value is -5.17. The predicted molar refractivity (Wildman–Crippen MR) is 207 cm³/mol. The fourth-order valence-corrected chi connectivity index (χ4v) is 7.63. The molecular formula is C39H45ClN8O9. The zero-order valence-corrected chi connectivity index (χ0v) is 31.9. The average Bonchev–Trinajstić information content (AvgIpc) is 3.75. The van der Waals surface area contributed by atoms with E-state index in [0.717, 1.165) is 29.3 Å². The van der Waals surface area contributed by atoms with Crippen LogP contribution in [0.5, 0.6) is 5.75 Å². The van der Waals surface area contributed by atoms with Crippen LogP contribution in [0.3, 0.4) is 0 Å². The first-order valence-corrected chi connectivity index (χ1v) is 19.3. The number of rotatable bonds is 16. The number of halogens is 1. The quantitative estimate of drug-likeness (QED) is 0.0709. The van der Waals surface area contributed by atoms with Crippen LogP contribution in [0.2, 0.25) is 5.02 Å². The first kappa shape index (κ1) is 40.0. The van der Waals surface area contributed by atoms with Crippen molar-refractivity contribution in [1.82, 2.24) is 35.4 Å². The lowest BCUT2D eigenvalue weighted by Crippen LogP contribution is -2.52. The van der Waals surface area contributed by atoms with Gasteiger partial charge in [0.2, 0.25) is 23.7 Å². The summed E-state index contributed by atoms with van der Waals surface area (Å²) in [5.41, 5.74) is 3.11. The number of likely N-dealkylation sites (tertiary alicyclic amines) is 1. The molecule has 7 rings (SSSR count). The summed E-state index contributed by atoms with van der Waals surface area (Å²) in [6, 6.07) is 11.8. The molecule has 2 aromatic heterocycles. The standard InChI is InChI=1S/C39H45ClN8O9/c40-27-20-43-39(46-35(27)26-19-42-28-8-2-1-6-24(26)28)44-23-5-4-14-47(21-23)33(51)12-15-55-17-18-56-16-13-41-32(50)22-57-30-9-3-7-25-34(30)38(54)48(37(25)53)29-10-11-31(49)45-36(29)52/h1-3,6-9,19-20,23,29,37-38,42,53-54H,4-5,10-18,21-22H2,(H,41,50)(H,43,44,46)(H,45,49,52)/t23-,29?,37?,38?/m1/s1. The second-order valence-corrected chi connectivity index (χ2v) is 14.4. The molecule has 18 heteroatoms. The van der Waals surface area contributed by atoms with Crippen LogP contribution in [0, 0.1) is 0 Å². The third-order valence-corrected chi connectivity index (χ3v) is 10.5. The SMILES string of the molecule is O=C(COc1cccc2c1C(O)N(C1CCC(=O)NC1=O)C2O)NCCOCCOCCC(=O)N1CCC[C@@H](Nc2ncc(Cl)c(-c3c[nH]c4ccccc34)n2)C1. The van der Waals surface area contributed by atoms with Gasteiger partial charge in [-0.3, -0.25) is 24.5 Å². The van der Waals surface area contributed by atoms with Crippen molar-refractivity contribution in [1.29, 1.82) is 0 Å². The van der Waals surface area contributed by atoms with E-state index < -0.39 is 36.2 Å². The molecule has 0 aliphatic carbocycles. The molecule has 3 aliphatic heterocycles. The molecule has 0 bridgehead atoms. The van der Waals surface area contributed by atoms with Gasteiger partial charge in [-0.05, 0) is 31.4 Å². The Morgan fingerprint density at radius 2 is 1.82 bits per heavy atom. The molecule has 4 aromatic rings. The minimum Gasteiger partial charge on any atom is -0.483 e. The second kappa shape index (κ2) is 18.4. The molecule has 302 valence electrons. The van der Waals surface area contributed by atoms with Crippen molar-refractivity contribution in [2.45, 2.75) is 56.6 Å². The predicted octanol–water partition coefficient (Wildman–Crippen LogP) is 2.40. The number of imide groups is 1. The van der Waals surface area contributed by atoms with E-state index in [2.05, 4.69) is 25.9 Å². The fourth-order valence-electron chi connectivity index (χ4n) is 7.43. The highest BCUT2D eigenvalue weighted by atomic mass is 35.5. The van der Waals surface area contributed by atoms with Crippen molar-refractivity contribution in [2.24, 2.45) is 0 Å². The summed E-state index contributed by atoms with van der Waals surface area (Å²) >= 11 is 6.50. The summed E-state index contributed by atoms with van der Waals surface area (Å²) in [6.45, 7) is 2.08. The third kappa shape index (κ3) is 9.35. The zero-order valence-electron chi connectivity index (χ0n) is 31.1. The molecular weight excluding hydrogens is 760 g/mol. The third-order valence-electron chi connectivity index (χ3n) is 10.2. The number of ether oxygens (including phenoxy) is 3. The summed E-state index contributed by atoms with van der Waals surface area (Å²) in [6.07, 6.45) is 2.99. The molecule has 4 atom stereocenters. The molecule has 17 nitrogen and oxygen atoms in total. The van der Waals surface area contributed by atoms with Crippen LogP contribution < -0.4 is 20.7 Å². The van der Waals surface area contributed by atoms with E-state index in [0.29, 0.717) is 35.3 Å². The van der Waals surface area contributed by atoms with Crippen molar-refractivity contribution in [3.8, 4) is 17.0 Å².